The summed E-state index contributed by atoms with van der Waals surface area (Å²) in [5.41, 5.74) is -0.108. The van der Waals surface area contributed by atoms with Crippen LogP contribution in [0.15, 0.2) is 17.2 Å². The van der Waals surface area contributed by atoms with Crippen molar-refractivity contribution in [3.63, 3.8) is 0 Å². The van der Waals surface area contributed by atoms with Gasteiger partial charge in [0.2, 0.25) is 0 Å². The van der Waals surface area contributed by atoms with Gasteiger partial charge in [-0.25, -0.2) is 4.98 Å². The maximum Gasteiger partial charge on any atom is 0.290 e. The zero-order valence-corrected chi connectivity index (χ0v) is 10.5. The van der Waals surface area contributed by atoms with Crippen LogP contribution in [0.3, 0.4) is 0 Å². The highest BCUT2D eigenvalue weighted by Gasteiger charge is 2.14. The average molecular weight is 223 g/mol. The zero-order chi connectivity index (χ0) is 12.1. The van der Waals surface area contributed by atoms with Gasteiger partial charge in [-0.15, -0.1) is 0 Å². The van der Waals surface area contributed by atoms with E-state index in [4.69, 9.17) is 0 Å². The van der Waals surface area contributed by atoms with Crippen LogP contribution in [0.25, 0.3) is 0 Å². The minimum absolute atomic E-state index is 0.108. The topological polar surface area (TPSA) is 49.0 Å². The molecule has 0 saturated heterocycles. The van der Waals surface area contributed by atoms with Crippen LogP contribution in [0.2, 0.25) is 0 Å². The Bertz CT molecular complexity index is 361. The van der Waals surface area contributed by atoms with Gasteiger partial charge >= 0.3 is 0 Å². The number of nitrogens with one attached hydrogen (secondary N) is 1. The van der Waals surface area contributed by atoms with Crippen LogP contribution in [-0.2, 0) is 0 Å². The molecule has 0 aromatic carbocycles. The molecule has 0 unspecified atom stereocenters. The number of H-pyrrole nitrogens is 1. The lowest BCUT2D eigenvalue weighted by molar-refractivity contribution is 0.547. The third-order valence-electron chi connectivity index (χ3n) is 2.16. The second-order valence-electron chi connectivity index (χ2n) is 4.93. The van der Waals surface area contributed by atoms with Crippen molar-refractivity contribution in [2.45, 2.75) is 27.7 Å². The van der Waals surface area contributed by atoms with E-state index in [1.165, 1.54) is 0 Å². The van der Waals surface area contributed by atoms with Crippen molar-refractivity contribution < 1.29 is 0 Å². The molecule has 0 spiro atoms. The smallest absolute Gasteiger partial charge is 0.290 e. The summed E-state index contributed by atoms with van der Waals surface area (Å²) < 4.78 is 0. The first kappa shape index (κ1) is 12.7. The molecule has 0 fully saturated rings. The monoisotopic (exact) mass is 223 g/mol. The van der Waals surface area contributed by atoms with Crippen molar-refractivity contribution >= 4 is 5.82 Å². The molecule has 0 aliphatic heterocycles. The van der Waals surface area contributed by atoms with Crippen LogP contribution < -0.4 is 10.5 Å². The Morgan fingerprint density at radius 1 is 1.25 bits per heavy atom. The number of rotatable bonds is 5. The van der Waals surface area contributed by atoms with Crippen LogP contribution in [-0.4, -0.2) is 23.1 Å². The number of aromatic amines is 1. The minimum Gasteiger partial charge on any atom is -0.352 e. The summed E-state index contributed by atoms with van der Waals surface area (Å²) in [5, 5.41) is 0. The molecule has 0 radical (unpaired) electrons. The van der Waals surface area contributed by atoms with Gasteiger partial charge in [-0.2, -0.15) is 0 Å². The van der Waals surface area contributed by atoms with Crippen molar-refractivity contribution in [2.24, 2.45) is 11.8 Å². The van der Waals surface area contributed by atoms with Gasteiger partial charge in [-0.1, -0.05) is 27.7 Å². The van der Waals surface area contributed by atoms with Crippen molar-refractivity contribution in [2.75, 3.05) is 18.0 Å². The van der Waals surface area contributed by atoms with Gasteiger partial charge in [-0.3, -0.25) is 4.79 Å². The first-order valence-corrected chi connectivity index (χ1v) is 5.79. The Kier molecular flexibility index (Phi) is 4.52. The molecular weight excluding hydrogens is 202 g/mol. The van der Waals surface area contributed by atoms with E-state index in [0.29, 0.717) is 17.7 Å². The van der Waals surface area contributed by atoms with Crippen LogP contribution in [0.1, 0.15) is 27.7 Å². The van der Waals surface area contributed by atoms with Crippen LogP contribution in [0, 0.1) is 11.8 Å². The van der Waals surface area contributed by atoms with Gasteiger partial charge in [0.15, 0.2) is 5.82 Å². The quantitative estimate of drug-likeness (QED) is 0.829. The molecule has 1 rings (SSSR count). The van der Waals surface area contributed by atoms with E-state index in [1.54, 1.807) is 12.4 Å². The third-order valence-corrected chi connectivity index (χ3v) is 2.16. The largest absolute Gasteiger partial charge is 0.352 e. The number of nitrogens with zero attached hydrogens (tertiary/aromatic N) is 2. The molecule has 4 nitrogen and oxygen atoms in total. The van der Waals surface area contributed by atoms with Gasteiger partial charge in [0.25, 0.3) is 5.56 Å². The van der Waals surface area contributed by atoms with Crippen LogP contribution in [0.4, 0.5) is 5.82 Å². The van der Waals surface area contributed by atoms with Crippen molar-refractivity contribution in [3.8, 4) is 0 Å². The molecule has 0 atom stereocenters. The predicted molar refractivity (Wildman–Crippen MR) is 66.7 cm³/mol. The van der Waals surface area contributed by atoms with E-state index in [-0.39, 0.29) is 5.56 Å². The molecule has 0 aliphatic carbocycles. The molecule has 1 aromatic heterocycles. The molecule has 1 heterocycles. The van der Waals surface area contributed by atoms with Gasteiger partial charge in [-0.05, 0) is 11.8 Å². The second kappa shape index (κ2) is 5.68. The SMILES string of the molecule is CC(C)CN(CC(C)C)c1ncc[nH]c1=O. The molecule has 0 aliphatic rings. The standard InChI is InChI=1S/C12H21N3O/c1-9(2)7-15(8-10(3)4)11-12(16)14-6-5-13-11/h5-6,9-10H,7-8H2,1-4H3,(H,14,16). The molecule has 1 N–H and O–H groups in total. The summed E-state index contributed by atoms with van der Waals surface area (Å²) in [6.07, 6.45) is 3.19. The van der Waals surface area contributed by atoms with Crippen molar-refractivity contribution in [1.29, 1.82) is 0 Å². The summed E-state index contributed by atoms with van der Waals surface area (Å²) in [6.45, 7) is 10.3. The number of aromatic nitrogens is 2. The summed E-state index contributed by atoms with van der Waals surface area (Å²) in [7, 11) is 0. The molecule has 90 valence electrons. The average Bonchev–Trinajstić information content (AvgIpc) is 2.15. The molecule has 1 aromatic rings. The molecule has 0 bridgehead atoms. The fourth-order valence-corrected chi connectivity index (χ4v) is 1.70. The lowest BCUT2D eigenvalue weighted by Gasteiger charge is -2.26. The summed E-state index contributed by atoms with van der Waals surface area (Å²) in [4.78, 5) is 20.6. The number of anilines is 1. The van der Waals surface area contributed by atoms with Crippen molar-refractivity contribution in [3.05, 3.63) is 22.7 Å². The highest BCUT2D eigenvalue weighted by atomic mass is 16.1. The zero-order valence-electron chi connectivity index (χ0n) is 10.5. The van der Waals surface area contributed by atoms with Gasteiger partial charge in [0.1, 0.15) is 0 Å². The summed E-state index contributed by atoms with van der Waals surface area (Å²) >= 11 is 0. The van der Waals surface area contributed by atoms with E-state index in [9.17, 15) is 4.79 Å². The second-order valence-corrected chi connectivity index (χ2v) is 4.93. The molecular formula is C12H21N3O. The number of hydrogen-bond acceptors (Lipinski definition) is 3. The Morgan fingerprint density at radius 2 is 1.81 bits per heavy atom. The fraction of sp³-hybridized carbons (Fsp3) is 0.667. The van der Waals surface area contributed by atoms with Crippen LogP contribution >= 0.6 is 0 Å². The Balaban J connectivity index is 2.92. The maximum absolute atomic E-state index is 11.7. The van der Waals surface area contributed by atoms with Gasteiger partial charge in [0, 0.05) is 25.5 Å². The van der Waals surface area contributed by atoms with Crippen LogP contribution in [0.5, 0.6) is 0 Å². The highest BCUT2D eigenvalue weighted by Crippen LogP contribution is 2.09. The van der Waals surface area contributed by atoms with Crippen molar-refractivity contribution in [1.82, 2.24) is 9.97 Å². The Labute approximate surface area is 96.7 Å². The maximum atomic E-state index is 11.7. The van der Waals surface area contributed by atoms with E-state index < -0.39 is 0 Å². The van der Waals surface area contributed by atoms with E-state index >= 15 is 0 Å². The molecule has 0 saturated carbocycles. The molecule has 4 heteroatoms. The normalized spacial score (nSPS) is 11.1. The first-order valence-electron chi connectivity index (χ1n) is 5.79. The molecule has 0 amide bonds. The Hall–Kier alpha value is -1.32. The summed E-state index contributed by atoms with van der Waals surface area (Å²) in [6, 6.07) is 0. The fourth-order valence-electron chi connectivity index (χ4n) is 1.70. The predicted octanol–water partition coefficient (Wildman–Crippen LogP) is 1.89. The molecule has 16 heavy (non-hydrogen) atoms. The minimum atomic E-state index is -0.108. The lowest BCUT2D eigenvalue weighted by Crippen LogP contribution is -2.36. The van der Waals surface area contributed by atoms with E-state index in [2.05, 4.69) is 42.6 Å². The third kappa shape index (κ3) is 3.68. The van der Waals surface area contributed by atoms with E-state index in [0.717, 1.165) is 13.1 Å². The lowest BCUT2D eigenvalue weighted by atomic mass is 10.1. The van der Waals surface area contributed by atoms with Gasteiger partial charge < -0.3 is 9.88 Å². The number of hydrogen-bond donors (Lipinski definition) is 1. The first-order chi connectivity index (χ1) is 7.50. The summed E-state index contributed by atoms with van der Waals surface area (Å²) in [5.74, 6) is 1.56. The highest BCUT2D eigenvalue weighted by molar-refractivity contribution is 5.35. The van der Waals surface area contributed by atoms with E-state index in [1.807, 2.05) is 0 Å². The van der Waals surface area contributed by atoms with Gasteiger partial charge in [0.05, 0.1) is 0 Å². The Morgan fingerprint density at radius 3 is 2.25 bits per heavy atom.